The monoisotopic (exact) mass is 184 g/mol. The summed E-state index contributed by atoms with van der Waals surface area (Å²) in [5.41, 5.74) is 0.527. The molecule has 0 nitrogen and oxygen atoms in total. The Morgan fingerprint density at radius 3 is 2.00 bits per heavy atom. The lowest BCUT2D eigenvalue weighted by atomic mass is 9.84. The molecule has 0 aromatic carbocycles. The fourth-order valence-corrected chi connectivity index (χ4v) is 1.68. The lowest BCUT2D eigenvalue weighted by Gasteiger charge is -2.22. The second kappa shape index (κ2) is 6.45. The van der Waals surface area contributed by atoms with E-state index in [9.17, 15) is 0 Å². The predicted molar refractivity (Wildman–Crippen MR) is 62.0 cm³/mol. The molecule has 1 atom stereocenters. The molecule has 0 fully saturated rings. The van der Waals surface area contributed by atoms with Crippen molar-refractivity contribution < 1.29 is 0 Å². The van der Waals surface area contributed by atoms with Crippen LogP contribution in [0.3, 0.4) is 0 Å². The average molecular weight is 184 g/mol. The van der Waals surface area contributed by atoms with Gasteiger partial charge in [0.05, 0.1) is 0 Å². The van der Waals surface area contributed by atoms with Gasteiger partial charge >= 0.3 is 0 Å². The molecule has 0 aromatic heterocycles. The summed E-state index contributed by atoms with van der Waals surface area (Å²) >= 11 is 0. The van der Waals surface area contributed by atoms with Crippen molar-refractivity contribution in [1.29, 1.82) is 0 Å². The summed E-state index contributed by atoms with van der Waals surface area (Å²) in [5, 5.41) is 0. The highest BCUT2D eigenvalue weighted by molar-refractivity contribution is 4.65. The maximum Gasteiger partial charge on any atom is -0.0383 e. The van der Waals surface area contributed by atoms with Crippen LogP contribution in [0.15, 0.2) is 0 Å². The Morgan fingerprint density at radius 1 is 1.00 bits per heavy atom. The highest BCUT2D eigenvalue weighted by Gasteiger charge is 2.13. The Morgan fingerprint density at radius 2 is 1.62 bits per heavy atom. The second-order valence-corrected chi connectivity index (χ2v) is 5.52. The first-order valence-electron chi connectivity index (χ1n) is 5.99. The van der Waals surface area contributed by atoms with Gasteiger partial charge in [0, 0.05) is 0 Å². The number of hydrogen-bond donors (Lipinski definition) is 0. The van der Waals surface area contributed by atoms with Gasteiger partial charge in [0.2, 0.25) is 0 Å². The molecule has 0 aliphatic heterocycles. The van der Waals surface area contributed by atoms with E-state index >= 15 is 0 Å². The van der Waals surface area contributed by atoms with Crippen LogP contribution in [0.25, 0.3) is 0 Å². The molecule has 0 bridgehead atoms. The summed E-state index contributed by atoms with van der Waals surface area (Å²) in [7, 11) is 0. The standard InChI is InChI=1S/C13H28/c1-6-8-9-12(7-2)10-11-13(3,4)5/h12H,6-11H2,1-5H3/t12-/m0/s1. The van der Waals surface area contributed by atoms with Gasteiger partial charge in [-0.1, -0.05) is 60.3 Å². The lowest BCUT2D eigenvalue weighted by molar-refractivity contribution is 0.305. The summed E-state index contributed by atoms with van der Waals surface area (Å²) in [6.07, 6.45) is 8.41. The van der Waals surface area contributed by atoms with Crippen LogP contribution in [0.4, 0.5) is 0 Å². The predicted octanol–water partition coefficient (Wildman–Crippen LogP) is 5.03. The zero-order chi connectivity index (χ0) is 10.3. The molecule has 0 heteroatoms. The van der Waals surface area contributed by atoms with Crippen LogP contribution >= 0.6 is 0 Å². The summed E-state index contributed by atoms with van der Waals surface area (Å²) in [6.45, 7) is 11.7. The van der Waals surface area contributed by atoms with E-state index < -0.39 is 0 Å². The van der Waals surface area contributed by atoms with Crippen molar-refractivity contribution in [2.45, 2.75) is 73.1 Å². The number of rotatable bonds is 6. The van der Waals surface area contributed by atoms with Crippen LogP contribution in [0.2, 0.25) is 0 Å². The topological polar surface area (TPSA) is 0 Å². The first-order chi connectivity index (χ1) is 5.99. The average Bonchev–Trinajstić information content (AvgIpc) is 2.03. The number of hydrogen-bond acceptors (Lipinski definition) is 0. The smallest absolute Gasteiger partial charge is 0.0383 e. The number of unbranched alkanes of at least 4 members (excludes halogenated alkanes) is 1. The fourth-order valence-electron chi connectivity index (χ4n) is 1.68. The van der Waals surface area contributed by atoms with E-state index in [-0.39, 0.29) is 0 Å². The Balaban J connectivity index is 3.59. The minimum absolute atomic E-state index is 0.527. The van der Waals surface area contributed by atoms with Gasteiger partial charge in [-0.25, -0.2) is 0 Å². The van der Waals surface area contributed by atoms with Gasteiger partial charge in [0.1, 0.15) is 0 Å². The van der Waals surface area contributed by atoms with Crippen molar-refractivity contribution in [3.05, 3.63) is 0 Å². The molecule has 13 heavy (non-hydrogen) atoms. The molecule has 0 heterocycles. The van der Waals surface area contributed by atoms with E-state index in [1.807, 2.05) is 0 Å². The quantitative estimate of drug-likeness (QED) is 0.543. The summed E-state index contributed by atoms with van der Waals surface area (Å²) in [4.78, 5) is 0. The normalized spacial score (nSPS) is 14.5. The van der Waals surface area contributed by atoms with E-state index in [1.165, 1.54) is 38.5 Å². The van der Waals surface area contributed by atoms with E-state index in [0.717, 1.165) is 5.92 Å². The molecule has 0 aliphatic carbocycles. The van der Waals surface area contributed by atoms with E-state index in [1.54, 1.807) is 0 Å². The van der Waals surface area contributed by atoms with Crippen molar-refractivity contribution in [2.24, 2.45) is 11.3 Å². The molecule has 80 valence electrons. The van der Waals surface area contributed by atoms with Gasteiger partial charge in [-0.2, -0.15) is 0 Å². The molecule has 0 unspecified atom stereocenters. The van der Waals surface area contributed by atoms with Crippen molar-refractivity contribution in [1.82, 2.24) is 0 Å². The van der Waals surface area contributed by atoms with Crippen LogP contribution in [-0.4, -0.2) is 0 Å². The molecular formula is C13H28. The maximum atomic E-state index is 2.35. The molecule has 0 aromatic rings. The minimum Gasteiger partial charge on any atom is -0.0654 e. The highest BCUT2D eigenvalue weighted by Crippen LogP contribution is 2.27. The van der Waals surface area contributed by atoms with Gasteiger partial charge < -0.3 is 0 Å². The first kappa shape index (κ1) is 13.0. The third-order valence-electron chi connectivity index (χ3n) is 2.85. The lowest BCUT2D eigenvalue weighted by Crippen LogP contribution is -2.09. The summed E-state index contributed by atoms with van der Waals surface area (Å²) in [5.74, 6) is 0.985. The molecule has 0 saturated carbocycles. The van der Waals surface area contributed by atoms with Crippen LogP contribution in [-0.2, 0) is 0 Å². The largest absolute Gasteiger partial charge is 0.0654 e. The second-order valence-electron chi connectivity index (χ2n) is 5.52. The Kier molecular flexibility index (Phi) is 6.45. The third-order valence-corrected chi connectivity index (χ3v) is 2.85. The van der Waals surface area contributed by atoms with Gasteiger partial charge in [0.15, 0.2) is 0 Å². The maximum absolute atomic E-state index is 2.35. The Labute approximate surface area is 85.1 Å². The van der Waals surface area contributed by atoms with Crippen LogP contribution < -0.4 is 0 Å². The van der Waals surface area contributed by atoms with Gasteiger partial charge in [-0.05, 0) is 24.2 Å². The molecule has 0 spiro atoms. The molecule has 0 radical (unpaired) electrons. The minimum atomic E-state index is 0.527. The van der Waals surface area contributed by atoms with Crippen molar-refractivity contribution in [2.75, 3.05) is 0 Å². The zero-order valence-corrected chi connectivity index (χ0v) is 10.3. The Bertz CT molecular complexity index is 108. The molecule has 0 amide bonds. The Hall–Kier alpha value is 0. The van der Waals surface area contributed by atoms with Gasteiger partial charge in [0.25, 0.3) is 0 Å². The van der Waals surface area contributed by atoms with E-state index in [2.05, 4.69) is 34.6 Å². The molecular weight excluding hydrogens is 156 g/mol. The van der Waals surface area contributed by atoms with Gasteiger partial charge in [-0.3, -0.25) is 0 Å². The van der Waals surface area contributed by atoms with Crippen molar-refractivity contribution in [3.8, 4) is 0 Å². The summed E-state index contributed by atoms with van der Waals surface area (Å²) < 4.78 is 0. The zero-order valence-electron chi connectivity index (χ0n) is 10.3. The fraction of sp³-hybridized carbons (Fsp3) is 1.00. The van der Waals surface area contributed by atoms with Gasteiger partial charge in [-0.15, -0.1) is 0 Å². The SMILES string of the molecule is CCCC[C@H](CC)CCC(C)(C)C. The molecule has 0 aliphatic rings. The molecule has 0 saturated heterocycles. The van der Waals surface area contributed by atoms with Crippen LogP contribution in [0, 0.1) is 11.3 Å². The van der Waals surface area contributed by atoms with E-state index in [4.69, 9.17) is 0 Å². The van der Waals surface area contributed by atoms with E-state index in [0.29, 0.717) is 5.41 Å². The molecule has 0 rings (SSSR count). The molecule has 0 N–H and O–H groups in total. The first-order valence-corrected chi connectivity index (χ1v) is 5.99. The summed E-state index contributed by atoms with van der Waals surface area (Å²) in [6, 6.07) is 0. The third kappa shape index (κ3) is 8.33. The highest BCUT2D eigenvalue weighted by atomic mass is 14.2. The van der Waals surface area contributed by atoms with Crippen LogP contribution in [0.5, 0.6) is 0 Å². The van der Waals surface area contributed by atoms with Crippen molar-refractivity contribution >= 4 is 0 Å². The van der Waals surface area contributed by atoms with Crippen LogP contribution in [0.1, 0.15) is 73.1 Å². The van der Waals surface area contributed by atoms with Crippen molar-refractivity contribution in [3.63, 3.8) is 0 Å².